The second kappa shape index (κ2) is 29.4. The number of aliphatic hydroxyl groups is 2. The number of cyclic esters (lactones) is 1. The summed E-state index contributed by atoms with van der Waals surface area (Å²) in [6.45, 7) is 10.6. The molecule has 85 heavy (non-hydrogen) atoms. The lowest BCUT2D eigenvalue weighted by Gasteiger charge is -2.65. The zero-order valence-corrected chi connectivity index (χ0v) is 50.5. The number of esters is 1. The van der Waals surface area contributed by atoms with E-state index in [1.807, 2.05) is 11.6 Å². The van der Waals surface area contributed by atoms with Crippen molar-refractivity contribution in [3.63, 3.8) is 0 Å². The lowest BCUT2D eigenvalue weighted by atomic mass is 9.42. The van der Waals surface area contributed by atoms with E-state index in [-0.39, 0.29) is 89.6 Å². The van der Waals surface area contributed by atoms with Crippen molar-refractivity contribution in [1.82, 2.24) is 36.3 Å². The van der Waals surface area contributed by atoms with Crippen molar-refractivity contribution in [3.8, 4) is 0 Å². The molecule has 4 amide bonds. The molecule has 4 heterocycles. The van der Waals surface area contributed by atoms with Crippen LogP contribution in [0.15, 0.2) is 11.6 Å². The van der Waals surface area contributed by atoms with E-state index in [0.717, 1.165) is 94.0 Å². The number of thioether (sulfide) groups is 1. The number of alkyl carbamates (subject to hydrolysis) is 1. The van der Waals surface area contributed by atoms with Gasteiger partial charge in [-0.05, 0) is 142 Å². The first kappa shape index (κ1) is 63.8. The maximum Gasteiger partial charge on any atom is 0.407 e. The number of carboxylic acid groups (broad SMARTS) is 1. The number of aliphatic carboxylic acids is 1. The number of aromatic nitrogens is 3. The number of aryl methyl sites for hydroxylation is 1. The van der Waals surface area contributed by atoms with Crippen molar-refractivity contribution in [1.29, 1.82) is 0 Å². The maximum absolute atomic E-state index is 12.7. The highest BCUT2D eigenvalue weighted by Crippen LogP contribution is 2.70. The fourth-order valence-electron chi connectivity index (χ4n) is 16.4. The molecule has 25 heteroatoms. The first-order chi connectivity index (χ1) is 41.2. The van der Waals surface area contributed by atoms with Gasteiger partial charge in [0.25, 0.3) is 0 Å². The first-order valence-corrected chi connectivity index (χ1v) is 32.5. The summed E-state index contributed by atoms with van der Waals surface area (Å²) in [5.74, 6) is 0.604. The van der Waals surface area contributed by atoms with Crippen LogP contribution in [0.5, 0.6) is 0 Å². The molecule has 1 aromatic heterocycles. The zero-order chi connectivity index (χ0) is 59.6. The molecule has 5 unspecified atom stereocenters. The highest BCUT2D eigenvalue weighted by molar-refractivity contribution is 8.00. The van der Waals surface area contributed by atoms with Gasteiger partial charge in [0.1, 0.15) is 18.6 Å². The molecule has 5 saturated carbocycles. The van der Waals surface area contributed by atoms with Gasteiger partial charge in [0.15, 0.2) is 0 Å². The molecule has 9 aliphatic rings. The van der Waals surface area contributed by atoms with E-state index >= 15 is 0 Å². The summed E-state index contributed by atoms with van der Waals surface area (Å²) in [6, 6.07) is -0.355. The predicted molar refractivity (Wildman–Crippen MR) is 307 cm³/mol. The number of hydrogen-bond acceptors (Lipinski definition) is 19. The number of aliphatic hydroxyl groups excluding tert-OH is 1. The van der Waals surface area contributed by atoms with Gasteiger partial charge in [0, 0.05) is 36.3 Å². The van der Waals surface area contributed by atoms with Gasteiger partial charge in [-0.15, -0.1) is 16.9 Å². The molecule has 0 spiro atoms. The van der Waals surface area contributed by atoms with Crippen LogP contribution in [0.2, 0.25) is 0 Å². The molecule has 1 aromatic rings. The fraction of sp³-hybridized carbons (Fsp3) is 0.850. The molecule has 0 bridgehead atoms. The summed E-state index contributed by atoms with van der Waals surface area (Å²) >= 11 is 1.68. The van der Waals surface area contributed by atoms with Gasteiger partial charge in [-0.3, -0.25) is 9.59 Å². The Morgan fingerprint density at radius 3 is 2.25 bits per heavy atom. The van der Waals surface area contributed by atoms with Gasteiger partial charge in [0.2, 0.25) is 5.91 Å². The molecular formula is C60H93N7O17S. The Labute approximate surface area is 502 Å². The minimum absolute atomic E-state index is 0.0150. The molecule has 16 atom stereocenters. The van der Waals surface area contributed by atoms with Crippen molar-refractivity contribution in [2.45, 2.75) is 164 Å². The van der Waals surface area contributed by atoms with Crippen molar-refractivity contribution < 1.29 is 81.9 Å². The van der Waals surface area contributed by atoms with Crippen LogP contribution in [0.25, 0.3) is 0 Å². The van der Waals surface area contributed by atoms with E-state index in [1.165, 1.54) is 0 Å². The molecule has 3 aliphatic heterocycles. The minimum atomic E-state index is -1.01. The van der Waals surface area contributed by atoms with Gasteiger partial charge in [-0.2, -0.15) is 0 Å². The van der Waals surface area contributed by atoms with E-state index in [0.29, 0.717) is 142 Å². The van der Waals surface area contributed by atoms with E-state index in [2.05, 4.69) is 38.5 Å². The van der Waals surface area contributed by atoms with E-state index in [9.17, 15) is 34.2 Å². The van der Waals surface area contributed by atoms with Gasteiger partial charge in [-0.25, -0.2) is 19.1 Å². The van der Waals surface area contributed by atoms with Crippen LogP contribution < -0.4 is 21.3 Å². The monoisotopic (exact) mass is 1220 g/mol. The van der Waals surface area contributed by atoms with Crippen molar-refractivity contribution in [2.75, 3.05) is 106 Å². The highest BCUT2D eigenvalue weighted by atomic mass is 32.2. The standard InChI is InChI=1S/C60H93N7O17S/c1-58-15-13-39(32-38(58)7-10-44-45(58)33-49(68)59(2)43(14-16-60(44,59)75)37-31-52(72)83-34-37)82-36-50(69)61-17-20-76-23-24-77-21-18-62-57(74)84-35-42-40-8-11-46-47(12-9-41(40)42)67(66-65-46)19-22-78-25-26-79-27-28-80-29-30-81-55-54-53(63-56(73)64-54)48(85-55)5-3-4-6-51(70)71/h31,38-45,48-49,53-55,68,75H,3-30,32-36H2,1-2H3,(H,61,69)(H,62,74)(H,70,71)(H2,63,64,73)/t38-,39+,40?,41?,42?,43-,44?,45+,48?,49-,53-,54-,55-,58+,59+,60+/m1/s1. The lowest BCUT2D eigenvalue weighted by molar-refractivity contribution is -0.245. The Bertz CT molecular complexity index is 2470. The molecule has 2 saturated heterocycles. The highest BCUT2D eigenvalue weighted by Gasteiger charge is 2.71. The summed E-state index contributed by atoms with van der Waals surface area (Å²) in [5.41, 5.74) is 1.14. The van der Waals surface area contributed by atoms with Crippen LogP contribution in [0, 0.1) is 52.3 Å². The SMILES string of the molecule is C[C@]12CC[C@H](OCC(=O)NCCOCCOCCNC(=O)OCC3C4CCc5nnn(CCOCCOCCOCCO[C@@H]6SC(CCCCC(=O)O)[C@H]7NC(=O)N[C@@H]67)c5CCC43)C[C@H]1CCC1[C@@H]2C[C@@H](O)[C@]2(C)[C@@H](C3=CC(=O)OC3)CC[C@]12O. The van der Waals surface area contributed by atoms with Gasteiger partial charge < -0.3 is 79.2 Å². The minimum Gasteiger partial charge on any atom is -0.481 e. The normalized spacial score (nSPS) is 35.1. The number of unbranched alkanes of at least 4 members (excludes halogenated alkanes) is 1. The maximum atomic E-state index is 12.7. The number of fused-ring (bicyclic) bond motifs is 8. The molecule has 7 N–H and O–H groups in total. The van der Waals surface area contributed by atoms with Crippen LogP contribution in [0.3, 0.4) is 0 Å². The Morgan fingerprint density at radius 1 is 0.800 bits per heavy atom. The second-order valence-electron chi connectivity index (χ2n) is 25.5. The smallest absolute Gasteiger partial charge is 0.407 e. The molecule has 6 aliphatic carbocycles. The number of urea groups is 1. The molecule has 0 radical (unpaired) electrons. The fourth-order valence-corrected chi connectivity index (χ4v) is 18.0. The summed E-state index contributed by atoms with van der Waals surface area (Å²) in [6.07, 6.45) is 12.9. The van der Waals surface area contributed by atoms with E-state index in [1.54, 1.807) is 17.8 Å². The Balaban J connectivity index is 0.500. The van der Waals surface area contributed by atoms with Crippen LogP contribution in [0.4, 0.5) is 9.59 Å². The third-order valence-electron chi connectivity index (χ3n) is 21.0. The average Bonchev–Trinajstić information content (AvgIpc) is 2.09. The molecule has 7 fully saturated rings. The summed E-state index contributed by atoms with van der Waals surface area (Å²) in [4.78, 5) is 60.1. The quantitative estimate of drug-likeness (QED) is 0.0300. The van der Waals surface area contributed by atoms with Crippen LogP contribution >= 0.6 is 11.8 Å². The van der Waals surface area contributed by atoms with Crippen molar-refractivity contribution in [2.24, 2.45) is 52.3 Å². The van der Waals surface area contributed by atoms with Gasteiger partial charge >= 0.3 is 24.1 Å². The first-order valence-electron chi connectivity index (χ1n) is 31.6. The van der Waals surface area contributed by atoms with Crippen molar-refractivity contribution in [3.05, 3.63) is 23.0 Å². The number of nitrogens with zero attached hydrogens (tertiary/aromatic N) is 3. The molecule has 10 rings (SSSR count). The molecular weight excluding hydrogens is 1120 g/mol. The molecule has 0 aromatic carbocycles. The van der Waals surface area contributed by atoms with Crippen molar-refractivity contribution >= 4 is 41.7 Å². The third kappa shape index (κ3) is 15.1. The average molecular weight is 1220 g/mol. The topological polar surface area (TPSA) is 308 Å². The third-order valence-corrected chi connectivity index (χ3v) is 22.6. The lowest BCUT2D eigenvalue weighted by Crippen LogP contribution is -2.67. The van der Waals surface area contributed by atoms with E-state index < -0.39 is 29.2 Å². The number of nitrogens with one attached hydrogen (secondary N) is 4. The number of carboxylic acids is 1. The predicted octanol–water partition coefficient (Wildman–Crippen LogP) is 3.71. The summed E-state index contributed by atoms with van der Waals surface area (Å²) < 4.78 is 53.6. The van der Waals surface area contributed by atoms with Crippen LogP contribution in [-0.2, 0) is 76.4 Å². The Kier molecular flexibility index (Phi) is 22.1. The van der Waals surface area contributed by atoms with Crippen LogP contribution in [-0.4, -0.2) is 206 Å². The number of carbonyl (C=O) groups is 5. The summed E-state index contributed by atoms with van der Waals surface area (Å²) in [5, 5.41) is 54.0. The molecule has 476 valence electrons. The number of hydrogen-bond donors (Lipinski definition) is 7. The number of amides is 4. The number of ether oxygens (including phenoxy) is 9. The Morgan fingerprint density at radius 2 is 1.51 bits per heavy atom. The van der Waals surface area contributed by atoms with Crippen LogP contribution in [0.1, 0.15) is 115 Å². The number of rotatable bonds is 33. The Hall–Kier alpha value is -4.18. The van der Waals surface area contributed by atoms with Gasteiger partial charge in [0.05, 0.1) is 127 Å². The van der Waals surface area contributed by atoms with E-state index in [4.69, 9.17) is 47.7 Å². The zero-order valence-electron chi connectivity index (χ0n) is 49.7. The summed E-state index contributed by atoms with van der Waals surface area (Å²) in [7, 11) is 0. The number of carbonyl (C=O) groups excluding carboxylic acids is 4. The largest absolute Gasteiger partial charge is 0.481 e. The second-order valence-corrected chi connectivity index (χ2v) is 26.9. The van der Waals surface area contributed by atoms with Gasteiger partial charge in [-0.1, -0.05) is 25.5 Å². The molecule has 24 nitrogen and oxygen atoms in total.